The zero-order valence-corrected chi connectivity index (χ0v) is 24.4. The number of carbonyl (C=O) groups is 3. The minimum Gasteiger partial charge on any atom is -0.394 e. The molecule has 0 radical (unpaired) electrons. The highest BCUT2D eigenvalue weighted by molar-refractivity contribution is 8.02. The Morgan fingerprint density at radius 3 is 2.37 bits per heavy atom. The quantitative estimate of drug-likeness (QED) is 0.395. The molecule has 3 saturated heterocycles. The number of carbonyl (C=O) groups excluding carboxylic acids is 3. The maximum atomic E-state index is 14.2. The van der Waals surface area contributed by atoms with E-state index in [4.69, 9.17) is 0 Å². The molecule has 0 saturated carbocycles. The second-order valence-corrected chi connectivity index (χ2v) is 12.8. The molecule has 38 heavy (non-hydrogen) atoms. The van der Waals surface area contributed by atoms with Crippen LogP contribution >= 0.6 is 11.8 Å². The van der Waals surface area contributed by atoms with Gasteiger partial charge in [0.2, 0.25) is 17.7 Å². The number of rotatable bonds is 11. The molecule has 0 aromatic heterocycles. The number of anilines is 2. The van der Waals surface area contributed by atoms with Crippen molar-refractivity contribution in [3.63, 3.8) is 0 Å². The topological polar surface area (TPSA) is 102 Å². The first-order valence-electron chi connectivity index (χ1n) is 14.2. The summed E-state index contributed by atoms with van der Waals surface area (Å²) in [5.74, 6) is -1.51. The van der Waals surface area contributed by atoms with E-state index in [0.717, 1.165) is 31.6 Å². The van der Waals surface area contributed by atoms with Crippen LogP contribution in [0.25, 0.3) is 0 Å². The van der Waals surface area contributed by atoms with E-state index in [1.54, 1.807) is 16.7 Å². The molecule has 3 heterocycles. The Labute approximate surface area is 231 Å². The Kier molecular flexibility index (Phi) is 8.67. The second-order valence-electron chi connectivity index (χ2n) is 11.3. The van der Waals surface area contributed by atoms with Gasteiger partial charge >= 0.3 is 0 Å². The van der Waals surface area contributed by atoms with Crippen molar-refractivity contribution in [3.05, 3.63) is 24.3 Å². The minimum absolute atomic E-state index is 0.00763. The van der Waals surface area contributed by atoms with Gasteiger partial charge in [0.1, 0.15) is 6.04 Å². The van der Waals surface area contributed by atoms with Crippen molar-refractivity contribution in [2.24, 2.45) is 23.7 Å². The largest absolute Gasteiger partial charge is 0.394 e. The number of aliphatic hydroxyl groups is 1. The van der Waals surface area contributed by atoms with Crippen molar-refractivity contribution < 1.29 is 19.5 Å². The summed E-state index contributed by atoms with van der Waals surface area (Å²) < 4.78 is -0.705. The molecule has 9 heteroatoms. The van der Waals surface area contributed by atoms with Crippen LogP contribution in [0.3, 0.4) is 0 Å². The van der Waals surface area contributed by atoms with Gasteiger partial charge in [-0.1, -0.05) is 27.7 Å². The summed E-state index contributed by atoms with van der Waals surface area (Å²) in [5, 5.41) is 16.5. The number of nitrogens with zero attached hydrogens (tertiary/aromatic N) is 2. The van der Waals surface area contributed by atoms with E-state index in [0.29, 0.717) is 12.2 Å². The molecular weight excluding hydrogens is 500 g/mol. The van der Waals surface area contributed by atoms with Crippen molar-refractivity contribution in [2.45, 2.75) is 76.5 Å². The fourth-order valence-corrected chi connectivity index (χ4v) is 9.37. The van der Waals surface area contributed by atoms with Gasteiger partial charge in [0, 0.05) is 36.3 Å². The van der Waals surface area contributed by atoms with Crippen LogP contribution in [0.4, 0.5) is 11.4 Å². The fraction of sp³-hybridized carbons (Fsp3) is 0.690. The molecule has 3 amide bonds. The Morgan fingerprint density at radius 1 is 1.16 bits per heavy atom. The molecule has 1 aromatic carbocycles. The third-order valence-corrected chi connectivity index (χ3v) is 10.9. The maximum Gasteiger partial charge on any atom is 0.248 e. The smallest absolute Gasteiger partial charge is 0.248 e. The van der Waals surface area contributed by atoms with E-state index in [-0.39, 0.29) is 41.4 Å². The van der Waals surface area contributed by atoms with E-state index >= 15 is 0 Å². The monoisotopic (exact) mass is 544 g/mol. The van der Waals surface area contributed by atoms with Gasteiger partial charge in [-0.05, 0) is 62.8 Å². The molecule has 3 N–H and O–H groups in total. The number of fused-ring (bicyclic) bond motifs is 1. The highest BCUT2D eigenvalue weighted by atomic mass is 32.2. The average molecular weight is 545 g/mol. The predicted octanol–water partition coefficient (Wildman–Crippen LogP) is 3.35. The summed E-state index contributed by atoms with van der Waals surface area (Å²) in [6, 6.07) is 6.52. The van der Waals surface area contributed by atoms with Crippen LogP contribution in [0, 0.1) is 23.7 Å². The van der Waals surface area contributed by atoms with Gasteiger partial charge in [-0.25, -0.2) is 0 Å². The van der Waals surface area contributed by atoms with Crippen molar-refractivity contribution >= 4 is 40.9 Å². The number of benzene rings is 1. The first kappa shape index (κ1) is 28.7. The van der Waals surface area contributed by atoms with Crippen LogP contribution < -0.4 is 15.5 Å². The van der Waals surface area contributed by atoms with E-state index in [2.05, 4.69) is 36.3 Å². The lowest BCUT2D eigenvalue weighted by molar-refractivity contribution is -0.143. The molecule has 3 fully saturated rings. The van der Waals surface area contributed by atoms with Gasteiger partial charge in [-0.2, -0.15) is 0 Å². The van der Waals surface area contributed by atoms with E-state index < -0.39 is 28.7 Å². The Morgan fingerprint density at radius 2 is 1.82 bits per heavy atom. The van der Waals surface area contributed by atoms with Crippen molar-refractivity contribution in [1.29, 1.82) is 0 Å². The molecule has 0 aliphatic carbocycles. The SMILES string of the molecule is CCCNC(=O)[C@@H]1[C@H]2C(=O)N([C@@H](CO)C(C)C)C(C(=O)Nc3ccc(N(CC)CC)cc3)C23S[C@@H]1CC3C. The molecule has 3 aliphatic rings. The summed E-state index contributed by atoms with van der Waals surface area (Å²) in [5.41, 5.74) is 1.76. The van der Waals surface area contributed by atoms with Crippen molar-refractivity contribution in [2.75, 3.05) is 36.5 Å². The molecule has 3 aliphatic heterocycles. The van der Waals surface area contributed by atoms with Crippen LogP contribution in [0.2, 0.25) is 0 Å². The summed E-state index contributed by atoms with van der Waals surface area (Å²) >= 11 is 1.66. The molecule has 4 rings (SSSR count). The van der Waals surface area contributed by atoms with Crippen LogP contribution in [0.5, 0.6) is 0 Å². The zero-order chi connectivity index (χ0) is 27.8. The summed E-state index contributed by atoms with van der Waals surface area (Å²) in [6.07, 6.45) is 1.61. The summed E-state index contributed by atoms with van der Waals surface area (Å²) in [7, 11) is 0. The first-order chi connectivity index (χ1) is 18.2. The van der Waals surface area contributed by atoms with Gasteiger partial charge in [-0.3, -0.25) is 14.4 Å². The lowest BCUT2D eigenvalue weighted by atomic mass is 9.66. The molecule has 7 atom stereocenters. The highest BCUT2D eigenvalue weighted by Gasteiger charge is 2.76. The average Bonchev–Trinajstić information content (AvgIpc) is 3.48. The minimum atomic E-state index is -0.768. The standard InChI is InChI=1S/C29H44N4O4S/c1-7-14-30-26(35)23-22-15-18(6)29(38-22)24(23)28(37)33(21(16-34)17(4)5)25(29)27(36)31-19-10-12-20(13-11-19)32(8-2)9-3/h10-13,17-18,21-25,34H,7-9,14-16H2,1-6H3,(H,30,35)(H,31,36)/t18?,21-,22+,23-,24-,25?,29?/m0/s1. The number of hydrogen-bond acceptors (Lipinski definition) is 6. The number of amides is 3. The number of nitrogens with one attached hydrogen (secondary N) is 2. The number of aliphatic hydroxyl groups excluding tert-OH is 1. The highest BCUT2D eigenvalue weighted by Crippen LogP contribution is 2.68. The molecule has 2 bridgehead atoms. The lowest BCUT2D eigenvalue weighted by Crippen LogP contribution is -2.58. The molecule has 1 aromatic rings. The van der Waals surface area contributed by atoms with Gasteiger partial charge in [-0.15, -0.1) is 11.8 Å². The lowest BCUT2D eigenvalue weighted by Gasteiger charge is -2.40. The van der Waals surface area contributed by atoms with Crippen LogP contribution in [0.15, 0.2) is 24.3 Å². The van der Waals surface area contributed by atoms with Gasteiger partial charge in [0.25, 0.3) is 0 Å². The Balaban J connectivity index is 1.71. The van der Waals surface area contributed by atoms with Crippen LogP contribution in [0.1, 0.15) is 54.4 Å². The Bertz CT molecular complexity index is 1030. The molecule has 3 unspecified atom stereocenters. The molecular formula is C29H44N4O4S. The first-order valence-corrected chi connectivity index (χ1v) is 15.1. The molecule has 1 spiro atoms. The van der Waals surface area contributed by atoms with Gasteiger partial charge in [0.15, 0.2) is 0 Å². The maximum absolute atomic E-state index is 14.2. The predicted molar refractivity (Wildman–Crippen MR) is 153 cm³/mol. The third kappa shape index (κ3) is 4.59. The normalized spacial score (nSPS) is 30.5. The summed E-state index contributed by atoms with van der Waals surface area (Å²) in [4.78, 5) is 45.5. The molecule has 8 nitrogen and oxygen atoms in total. The number of hydrogen-bond donors (Lipinski definition) is 3. The van der Waals surface area contributed by atoms with Crippen molar-refractivity contribution in [1.82, 2.24) is 10.2 Å². The van der Waals surface area contributed by atoms with Crippen molar-refractivity contribution in [3.8, 4) is 0 Å². The fourth-order valence-electron chi connectivity index (χ4n) is 6.96. The van der Waals surface area contributed by atoms with Gasteiger partial charge in [0.05, 0.1) is 29.2 Å². The Hall–Kier alpha value is -2.26. The van der Waals surface area contributed by atoms with Gasteiger partial charge < -0.3 is 25.5 Å². The zero-order valence-electron chi connectivity index (χ0n) is 23.6. The second kappa shape index (κ2) is 11.5. The number of likely N-dealkylation sites (tertiary alicyclic amines) is 1. The number of thioether (sulfide) groups is 1. The molecule has 210 valence electrons. The van der Waals surface area contributed by atoms with Crippen LogP contribution in [-0.4, -0.2) is 76.0 Å². The third-order valence-electron chi connectivity index (χ3n) is 8.86. The van der Waals surface area contributed by atoms with E-state index in [1.165, 1.54) is 0 Å². The van der Waals surface area contributed by atoms with E-state index in [1.807, 2.05) is 45.0 Å². The summed E-state index contributed by atoms with van der Waals surface area (Å²) in [6.45, 7) is 14.4. The van der Waals surface area contributed by atoms with E-state index in [9.17, 15) is 19.5 Å². The van der Waals surface area contributed by atoms with Crippen LogP contribution in [-0.2, 0) is 14.4 Å².